The first-order chi connectivity index (χ1) is 14.0. The molecule has 7 heteroatoms. The highest BCUT2D eigenvalue weighted by Gasteiger charge is 2.41. The highest BCUT2D eigenvalue weighted by molar-refractivity contribution is 7.89. The van der Waals surface area contributed by atoms with Crippen LogP contribution in [0.15, 0.2) is 42.9 Å². The maximum Gasteiger partial charge on any atom is 0.217 e. The Balaban J connectivity index is 1.33. The molecule has 0 bridgehead atoms. The fourth-order valence-corrected chi connectivity index (χ4v) is 7.52. The molecule has 3 heterocycles. The summed E-state index contributed by atoms with van der Waals surface area (Å²) in [7, 11) is -3.16. The van der Waals surface area contributed by atoms with Gasteiger partial charge in [0.05, 0.1) is 11.4 Å². The molecule has 5 rings (SSSR count). The number of fused-ring (bicyclic) bond motifs is 1. The molecule has 1 aliphatic carbocycles. The molecule has 1 N–H and O–H groups in total. The Hall–Kier alpha value is -2.12. The average molecular weight is 413 g/mol. The first-order valence-corrected chi connectivity index (χ1v) is 12.1. The molecule has 6 nitrogen and oxygen atoms in total. The molecule has 154 valence electrons. The largest absolute Gasteiger partial charge is 0.347 e. The number of H-pyrrole nitrogens is 1. The molecule has 1 saturated carbocycles. The summed E-state index contributed by atoms with van der Waals surface area (Å²) in [6.07, 6.45) is 10.5. The van der Waals surface area contributed by atoms with Crippen LogP contribution in [-0.4, -0.2) is 45.3 Å². The Bertz CT molecular complexity index is 1100. The van der Waals surface area contributed by atoms with Crippen molar-refractivity contribution in [3.05, 3.63) is 42.9 Å². The van der Waals surface area contributed by atoms with Crippen LogP contribution in [0.3, 0.4) is 0 Å². The van der Waals surface area contributed by atoms with Gasteiger partial charge >= 0.3 is 0 Å². The van der Waals surface area contributed by atoms with E-state index in [4.69, 9.17) is 0 Å². The van der Waals surface area contributed by atoms with Crippen LogP contribution in [-0.2, 0) is 16.6 Å². The predicted octanol–water partition coefficient (Wildman–Crippen LogP) is 4.01. The molecule has 1 aromatic carbocycles. The summed E-state index contributed by atoms with van der Waals surface area (Å²) in [5.74, 6) is 0.352. The minimum atomic E-state index is -3.16. The van der Waals surface area contributed by atoms with Gasteiger partial charge in [-0.3, -0.25) is 5.10 Å². The number of sulfonamides is 1. The summed E-state index contributed by atoms with van der Waals surface area (Å²) in [5.41, 5.74) is 3.42. The van der Waals surface area contributed by atoms with Crippen molar-refractivity contribution in [2.24, 2.45) is 5.92 Å². The van der Waals surface area contributed by atoms with Gasteiger partial charge in [0.15, 0.2) is 0 Å². The number of hydrogen-bond donors (Lipinski definition) is 1. The molecule has 3 aromatic rings. The zero-order valence-corrected chi connectivity index (χ0v) is 17.6. The average Bonchev–Trinajstić information content (AvgIpc) is 3.50. The van der Waals surface area contributed by atoms with Crippen LogP contribution in [0.4, 0.5) is 0 Å². The maximum absolute atomic E-state index is 13.1. The van der Waals surface area contributed by atoms with Crippen molar-refractivity contribution in [2.75, 3.05) is 6.54 Å². The third kappa shape index (κ3) is 3.40. The van der Waals surface area contributed by atoms with E-state index in [1.807, 2.05) is 12.4 Å². The summed E-state index contributed by atoms with van der Waals surface area (Å²) in [6.45, 7) is 3.57. The topological polar surface area (TPSA) is 71.0 Å². The molecule has 2 unspecified atom stereocenters. The van der Waals surface area contributed by atoms with Crippen molar-refractivity contribution in [2.45, 2.75) is 56.9 Å². The number of aromatic amines is 1. The van der Waals surface area contributed by atoms with E-state index in [1.54, 1.807) is 4.31 Å². The molecule has 2 aliphatic rings. The van der Waals surface area contributed by atoms with Gasteiger partial charge in [0.2, 0.25) is 10.0 Å². The van der Waals surface area contributed by atoms with E-state index in [1.165, 1.54) is 10.9 Å². The van der Waals surface area contributed by atoms with E-state index in [-0.39, 0.29) is 11.3 Å². The second kappa shape index (κ2) is 7.29. The molecule has 0 radical (unpaired) electrons. The van der Waals surface area contributed by atoms with Crippen molar-refractivity contribution in [1.82, 2.24) is 19.1 Å². The van der Waals surface area contributed by atoms with Gasteiger partial charge in [0, 0.05) is 48.0 Å². The lowest BCUT2D eigenvalue weighted by atomic mass is 10.1. The molecule has 2 fully saturated rings. The maximum atomic E-state index is 13.1. The van der Waals surface area contributed by atoms with Gasteiger partial charge < -0.3 is 4.57 Å². The van der Waals surface area contributed by atoms with Crippen molar-refractivity contribution in [1.29, 1.82) is 0 Å². The fraction of sp³-hybridized carbons (Fsp3) is 0.500. The van der Waals surface area contributed by atoms with Gasteiger partial charge in [-0.2, -0.15) is 9.40 Å². The highest BCUT2D eigenvalue weighted by atomic mass is 32.2. The number of rotatable bonds is 5. The lowest BCUT2D eigenvalue weighted by molar-refractivity contribution is 0.392. The van der Waals surface area contributed by atoms with Gasteiger partial charge in [-0.25, -0.2) is 8.42 Å². The second-order valence-electron chi connectivity index (χ2n) is 8.70. The highest BCUT2D eigenvalue weighted by Crippen LogP contribution is 2.34. The summed E-state index contributed by atoms with van der Waals surface area (Å²) in [6, 6.07) is 8.70. The van der Waals surface area contributed by atoms with Crippen molar-refractivity contribution in [3.8, 4) is 11.1 Å². The van der Waals surface area contributed by atoms with Crippen LogP contribution in [0.25, 0.3) is 22.0 Å². The van der Waals surface area contributed by atoms with E-state index in [2.05, 4.69) is 52.2 Å². The standard InChI is InChI=1S/C22H28N4O2S/c1-16-10-17(15-26(16)29(27,28)21-4-2-3-5-21)14-25-9-8-19-11-18(6-7-22(19)25)20-12-23-24-13-20/h6-9,11-13,16-17,21H,2-5,10,14-15H2,1H3,(H,23,24). The van der Waals surface area contributed by atoms with Crippen LogP contribution >= 0.6 is 0 Å². The number of nitrogens with zero attached hydrogens (tertiary/aromatic N) is 3. The van der Waals surface area contributed by atoms with E-state index in [0.717, 1.165) is 49.8 Å². The van der Waals surface area contributed by atoms with Crippen LogP contribution in [0, 0.1) is 5.92 Å². The monoisotopic (exact) mass is 412 g/mol. The zero-order chi connectivity index (χ0) is 20.0. The lowest BCUT2D eigenvalue weighted by Crippen LogP contribution is -2.40. The third-order valence-electron chi connectivity index (χ3n) is 6.71. The number of aromatic nitrogens is 3. The van der Waals surface area contributed by atoms with Crippen LogP contribution in [0.2, 0.25) is 0 Å². The number of benzene rings is 1. The normalized spacial score (nSPS) is 24.0. The van der Waals surface area contributed by atoms with Gasteiger partial charge in [-0.05, 0) is 55.9 Å². The minimum Gasteiger partial charge on any atom is -0.347 e. The predicted molar refractivity (Wildman–Crippen MR) is 115 cm³/mol. The first-order valence-electron chi connectivity index (χ1n) is 10.6. The van der Waals surface area contributed by atoms with E-state index >= 15 is 0 Å². The fourth-order valence-electron chi connectivity index (χ4n) is 5.20. The quantitative estimate of drug-likeness (QED) is 0.688. The van der Waals surface area contributed by atoms with Crippen molar-refractivity contribution >= 4 is 20.9 Å². The molecular weight excluding hydrogens is 384 g/mol. The Morgan fingerprint density at radius 3 is 2.76 bits per heavy atom. The number of nitrogens with one attached hydrogen (secondary N) is 1. The molecule has 29 heavy (non-hydrogen) atoms. The van der Waals surface area contributed by atoms with E-state index in [0.29, 0.717) is 12.5 Å². The summed E-state index contributed by atoms with van der Waals surface area (Å²) >= 11 is 0. The summed E-state index contributed by atoms with van der Waals surface area (Å²) < 4.78 is 30.2. The Morgan fingerprint density at radius 2 is 2.00 bits per heavy atom. The molecule has 1 aliphatic heterocycles. The smallest absolute Gasteiger partial charge is 0.217 e. The third-order valence-corrected chi connectivity index (χ3v) is 9.19. The summed E-state index contributed by atoms with van der Waals surface area (Å²) in [4.78, 5) is 0. The Labute approximate surface area is 172 Å². The molecule has 2 atom stereocenters. The van der Waals surface area contributed by atoms with Crippen LogP contribution < -0.4 is 0 Å². The van der Waals surface area contributed by atoms with E-state index in [9.17, 15) is 8.42 Å². The van der Waals surface area contributed by atoms with Crippen molar-refractivity contribution < 1.29 is 8.42 Å². The van der Waals surface area contributed by atoms with Crippen LogP contribution in [0.5, 0.6) is 0 Å². The molecule has 0 spiro atoms. The molecular formula is C22H28N4O2S. The van der Waals surface area contributed by atoms with Crippen molar-refractivity contribution in [3.63, 3.8) is 0 Å². The first kappa shape index (κ1) is 18.9. The summed E-state index contributed by atoms with van der Waals surface area (Å²) in [5, 5.41) is 7.94. The second-order valence-corrected chi connectivity index (χ2v) is 10.9. The number of hydrogen-bond acceptors (Lipinski definition) is 3. The van der Waals surface area contributed by atoms with Crippen LogP contribution in [0.1, 0.15) is 39.0 Å². The Kier molecular flexibility index (Phi) is 4.75. The van der Waals surface area contributed by atoms with Gasteiger partial charge in [-0.15, -0.1) is 0 Å². The minimum absolute atomic E-state index is 0.0973. The van der Waals surface area contributed by atoms with Gasteiger partial charge in [0.1, 0.15) is 0 Å². The lowest BCUT2D eigenvalue weighted by Gasteiger charge is -2.24. The SMILES string of the molecule is CC1CC(Cn2ccc3cc(-c4cn[nH]c4)ccc32)CN1S(=O)(=O)C1CCCC1. The zero-order valence-electron chi connectivity index (χ0n) is 16.8. The molecule has 0 amide bonds. The van der Waals surface area contributed by atoms with Gasteiger partial charge in [-0.1, -0.05) is 18.9 Å². The molecule has 2 aromatic heterocycles. The Morgan fingerprint density at radius 1 is 1.17 bits per heavy atom. The van der Waals surface area contributed by atoms with E-state index < -0.39 is 10.0 Å². The van der Waals surface area contributed by atoms with Gasteiger partial charge in [0.25, 0.3) is 0 Å². The molecule has 1 saturated heterocycles.